The normalized spacial score (nSPS) is 15.6. The average molecular weight is 200 g/mol. The molecule has 0 aromatic carbocycles. The molecule has 0 bridgehead atoms. The van der Waals surface area contributed by atoms with Crippen molar-refractivity contribution in [2.24, 2.45) is 5.92 Å². The standard InChI is InChI=1S/C12H24O2/c1-5-10(6-2)12(14)11(13)8-7-9(3)4/h10-14H,3,5-8H2,1-2,4H3. The van der Waals surface area contributed by atoms with Crippen LogP contribution in [0.2, 0.25) is 0 Å². The molecule has 84 valence electrons. The van der Waals surface area contributed by atoms with Gasteiger partial charge in [-0.05, 0) is 25.7 Å². The van der Waals surface area contributed by atoms with Crippen LogP contribution in [0.4, 0.5) is 0 Å². The summed E-state index contributed by atoms with van der Waals surface area (Å²) in [6.07, 6.45) is 2.07. The third-order valence-electron chi connectivity index (χ3n) is 2.79. The maximum absolute atomic E-state index is 9.81. The molecule has 2 nitrogen and oxygen atoms in total. The Morgan fingerprint density at radius 1 is 1.21 bits per heavy atom. The van der Waals surface area contributed by atoms with Crippen LogP contribution < -0.4 is 0 Å². The SMILES string of the molecule is C=C(C)CCC(O)C(O)C(CC)CC. The molecular formula is C12H24O2. The largest absolute Gasteiger partial charge is 0.390 e. The molecule has 0 radical (unpaired) electrons. The van der Waals surface area contributed by atoms with Crippen LogP contribution in [0.1, 0.15) is 46.5 Å². The van der Waals surface area contributed by atoms with Crippen molar-refractivity contribution in [2.75, 3.05) is 0 Å². The number of aliphatic hydroxyl groups excluding tert-OH is 2. The Hall–Kier alpha value is -0.340. The lowest BCUT2D eigenvalue weighted by Gasteiger charge is -2.25. The minimum absolute atomic E-state index is 0.218. The summed E-state index contributed by atoms with van der Waals surface area (Å²) in [5.41, 5.74) is 1.06. The summed E-state index contributed by atoms with van der Waals surface area (Å²) in [6.45, 7) is 9.81. The number of hydrogen-bond acceptors (Lipinski definition) is 2. The van der Waals surface area contributed by atoms with Crippen molar-refractivity contribution < 1.29 is 10.2 Å². The highest BCUT2D eigenvalue weighted by molar-refractivity contribution is 4.89. The molecule has 2 N–H and O–H groups in total. The van der Waals surface area contributed by atoms with Crippen LogP contribution in [-0.4, -0.2) is 22.4 Å². The molecule has 0 heterocycles. The van der Waals surface area contributed by atoms with E-state index in [0.717, 1.165) is 24.8 Å². The molecular weight excluding hydrogens is 176 g/mol. The van der Waals surface area contributed by atoms with E-state index >= 15 is 0 Å². The number of rotatable bonds is 7. The van der Waals surface area contributed by atoms with E-state index in [2.05, 4.69) is 6.58 Å². The van der Waals surface area contributed by atoms with E-state index in [4.69, 9.17) is 0 Å². The van der Waals surface area contributed by atoms with Crippen molar-refractivity contribution >= 4 is 0 Å². The molecule has 0 saturated carbocycles. The monoisotopic (exact) mass is 200 g/mol. The van der Waals surface area contributed by atoms with Crippen LogP contribution in [0, 0.1) is 5.92 Å². The zero-order valence-electron chi connectivity index (χ0n) is 9.66. The summed E-state index contributed by atoms with van der Waals surface area (Å²) < 4.78 is 0. The van der Waals surface area contributed by atoms with E-state index in [1.54, 1.807) is 0 Å². The summed E-state index contributed by atoms with van der Waals surface area (Å²) in [7, 11) is 0. The zero-order chi connectivity index (χ0) is 11.1. The minimum Gasteiger partial charge on any atom is -0.390 e. The van der Waals surface area contributed by atoms with Crippen LogP contribution in [0.5, 0.6) is 0 Å². The molecule has 0 aromatic heterocycles. The summed E-state index contributed by atoms with van der Waals surface area (Å²) in [5, 5.41) is 19.5. The van der Waals surface area contributed by atoms with Gasteiger partial charge in [-0.1, -0.05) is 32.3 Å². The molecule has 0 amide bonds. The second-order valence-corrected chi connectivity index (χ2v) is 4.13. The fourth-order valence-corrected chi connectivity index (χ4v) is 1.65. The molecule has 0 rings (SSSR count). The summed E-state index contributed by atoms with van der Waals surface area (Å²) >= 11 is 0. The molecule has 2 atom stereocenters. The summed E-state index contributed by atoms with van der Waals surface area (Å²) in [5.74, 6) is 0.218. The topological polar surface area (TPSA) is 40.5 Å². The summed E-state index contributed by atoms with van der Waals surface area (Å²) in [4.78, 5) is 0. The molecule has 14 heavy (non-hydrogen) atoms. The quantitative estimate of drug-likeness (QED) is 0.620. The molecule has 0 fully saturated rings. The van der Waals surface area contributed by atoms with Crippen molar-refractivity contribution in [3.8, 4) is 0 Å². The van der Waals surface area contributed by atoms with Gasteiger partial charge in [-0.2, -0.15) is 0 Å². The van der Waals surface area contributed by atoms with E-state index in [1.807, 2.05) is 20.8 Å². The first-order valence-electron chi connectivity index (χ1n) is 5.53. The van der Waals surface area contributed by atoms with Crippen molar-refractivity contribution in [2.45, 2.75) is 58.7 Å². The van der Waals surface area contributed by atoms with Crippen LogP contribution in [0.15, 0.2) is 12.2 Å². The fraction of sp³-hybridized carbons (Fsp3) is 0.833. The third kappa shape index (κ3) is 4.77. The van der Waals surface area contributed by atoms with Gasteiger partial charge < -0.3 is 10.2 Å². The van der Waals surface area contributed by atoms with E-state index in [9.17, 15) is 10.2 Å². The Kier molecular flexibility index (Phi) is 6.85. The molecule has 0 aliphatic rings. The summed E-state index contributed by atoms with van der Waals surface area (Å²) in [6, 6.07) is 0. The maximum atomic E-state index is 9.81. The lowest BCUT2D eigenvalue weighted by Crippen LogP contribution is -2.33. The fourth-order valence-electron chi connectivity index (χ4n) is 1.65. The second kappa shape index (κ2) is 7.02. The predicted octanol–water partition coefficient (Wildman–Crippen LogP) is 2.50. The first kappa shape index (κ1) is 13.7. The van der Waals surface area contributed by atoms with Gasteiger partial charge in [0.25, 0.3) is 0 Å². The number of aliphatic hydroxyl groups is 2. The highest BCUT2D eigenvalue weighted by Gasteiger charge is 2.23. The lowest BCUT2D eigenvalue weighted by molar-refractivity contribution is -0.0229. The molecule has 0 aromatic rings. The highest BCUT2D eigenvalue weighted by Crippen LogP contribution is 2.19. The van der Waals surface area contributed by atoms with E-state index in [0.29, 0.717) is 6.42 Å². The average Bonchev–Trinajstić information content (AvgIpc) is 2.15. The van der Waals surface area contributed by atoms with Gasteiger partial charge in [0.1, 0.15) is 0 Å². The van der Waals surface area contributed by atoms with Gasteiger partial charge in [-0.15, -0.1) is 6.58 Å². The van der Waals surface area contributed by atoms with Gasteiger partial charge in [-0.3, -0.25) is 0 Å². The van der Waals surface area contributed by atoms with E-state index < -0.39 is 12.2 Å². The van der Waals surface area contributed by atoms with Crippen molar-refractivity contribution in [3.63, 3.8) is 0 Å². The Labute approximate surface area is 87.7 Å². The highest BCUT2D eigenvalue weighted by atomic mass is 16.3. The Morgan fingerprint density at radius 3 is 2.07 bits per heavy atom. The third-order valence-corrected chi connectivity index (χ3v) is 2.79. The smallest absolute Gasteiger partial charge is 0.0827 e. The van der Waals surface area contributed by atoms with Gasteiger partial charge in [-0.25, -0.2) is 0 Å². The van der Waals surface area contributed by atoms with Crippen molar-refractivity contribution in [3.05, 3.63) is 12.2 Å². The van der Waals surface area contributed by atoms with Crippen molar-refractivity contribution in [1.82, 2.24) is 0 Å². The first-order chi connectivity index (χ1) is 6.52. The minimum atomic E-state index is -0.600. The molecule has 0 aliphatic heterocycles. The Balaban J connectivity index is 3.96. The van der Waals surface area contributed by atoms with Crippen molar-refractivity contribution in [1.29, 1.82) is 0 Å². The van der Waals surface area contributed by atoms with Crippen LogP contribution >= 0.6 is 0 Å². The van der Waals surface area contributed by atoms with Gasteiger partial charge in [0.05, 0.1) is 12.2 Å². The van der Waals surface area contributed by atoms with Crippen LogP contribution in [0.25, 0.3) is 0 Å². The Bertz CT molecular complexity index is 162. The zero-order valence-corrected chi connectivity index (χ0v) is 9.66. The molecule has 0 aliphatic carbocycles. The van der Waals surface area contributed by atoms with Crippen LogP contribution in [0.3, 0.4) is 0 Å². The lowest BCUT2D eigenvalue weighted by atomic mass is 9.90. The van der Waals surface area contributed by atoms with Gasteiger partial charge >= 0.3 is 0 Å². The first-order valence-corrected chi connectivity index (χ1v) is 5.53. The molecule has 0 saturated heterocycles. The van der Waals surface area contributed by atoms with Crippen LogP contribution in [-0.2, 0) is 0 Å². The number of allylic oxidation sites excluding steroid dienone is 1. The van der Waals surface area contributed by atoms with Gasteiger partial charge in [0, 0.05) is 0 Å². The Morgan fingerprint density at radius 2 is 1.71 bits per heavy atom. The predicted molar refractivity (Wildman–Crippen MR) is 60.1 cm³/mol. The van der Waals surface area contributed by atoms with Gasteiger partial charge in [0.2, 0.25) is 0 Å². The second-order valence-electron chi connectivity index (χ2n) is 4.13. The molecule has 2 heteroatoms. The molecule has 2 unspecified atom stereocenters. The maximum Gasteiger partial charge on any atom is 0.0827 e. The number of hydrogen-bond donors (Lipinski definition) is 2. The van der Waals surface area contributed by atoms with E-state index in [-0.39, 0.29) is 5.92 Å². The van der Waals surface area contributed by atoms with Gasteiger partial charge in [0.15, 0.2) is 0 Å². The molecule has 0 spiro atoms. The van der Waals surface area contributed by atoms with E-state index in [1.165, 1.54) is 0 Å².